The Labute approximate surface area is 80.2 Å². The first-order valence-corrected chi connectivity index (χ1v) is 5.32. The van der Waals surface area contributed by atoms with E-state index in [-0.39, 0.29) is 24.7 Å². The van der Waals surface area contributed by atoms with Crippen molar-refractivity contribution in [3.63, 3.8) is 0 Å². The van der Waals surface area contributed by atoms with Crippen LogP contribution in [0, 0.1) is 5.92 Å². The Hall–Kier alpha value is -0.120. The number of aliphatic hydroxyl groups is 2. The summed E-state index contributed by atoms with van der Waals surface area (Å²) in [5, 5.41) is 22.3. The average molecular weight is 187 g/mol. The molecule has 3 unspecified atom stereocenters. The topological polar surface area (TPSA) is 52.5 Å². The van der Waals surface area contributed by atoms with Crippen LogP contribution in [-0.2, 0) is 0 Å². The molecule has 0 radical (unpaired) electrons. The van der Waals surface area contributed by atoms with Gasteiger partial charge in [0, 0.05) is 18.6 Å². The quantitative estimate of drug-likeness (QED) is 0.601. The summed E-state index contributed by atoms with van der Waals surface area (Å²) in [5.41, 5.74) is 0. The van der Waals surface area contributed by atoms with Crippen LogP contribution >= 0.6 is 0 Å². The van der Waals surface area contributed by atoms with Crippen LogP contribution in [0.1, 0.15) is 32.6 Å². The van der Waals surface area contributed by atoms with Crippen molar-refractivity contribution in [3.8, 4) is 0 Å². The summed E-state index contributed by atoms with van der Waals surface area (Å²) in [5.74, 6) is 0.0376. The first-order valence-electron chi connectivity index (χ1n) is 5.32. The highest BCUT2D eigenvalue weighted by Gasteiger charge is 2.26. The Bertz CT molecular complexity index is 131. The van der Waals surface area contributed by atoms with Crippen molar-refractivity contribution in [1.82, 2.24) is 5.32 Å². The molecule has 1 heterocycles. The average Bonchev–Trinajstić information content (AvgIpc) is 2.21. The van der Waals surface area contributed by atoms with Gasteiger partial charge in [-0.3, -0.25) is 0 Å². The molecule has 78 valence electrons. The Morgan fingerprint density at radius 2 is 2.23 bits per heavy atom. The third-order valence-corrected chi connectivity index (χ3v) is 3.00. The number of aliphatic hydroxyl groups excluding tert-OH is 2. The van der Waals surface area contributed by atoms with E-state index < -0.39 is 0 Å². The molecule has 1 fully saturated rings. The molecule has 3 atom stereocenters. The molecular weight excluding hydrogens is 166 g/mol. The minimum atomic E-state index is -0.379. The van der Waals surface area contributed by atoms with Gasteiger partial charge < -0.3 is 15.5 Å². The number of hydrogen-bond acceptors (Lipinski definition) is 3. The van der Waals surface area contributed by atoms with E-state index in [2.05, 4.69) is 5.32 Å². The maximum absolute atomic E-state index is 9.91. The zero-order valence-corrected chi connectivity index (χ0v) is 8.37. The first-order chi connectivity index (χ1) is 6.29. The second-order valence-electron chi connectivity index (χ2n) is 3.90. The second-order valence-corrected chi connectivity index (χ2v) is 3.90. The summed E-state index contributed by atoms with van der Waals surface area (Å²) in [7, 11) is 0. The smallest absolute Gasteiger partial charge is 0.0743 e. The van der Waals surface area contributed by atoms with E-state index >= 15 is 0 Å². The summed E-state index contributed by atoms with van der Waals surface area (Å²) in [6.07, 6.45) is 3.90. The van der Waals surface area contributed by atoms with Gasteiger partial charge in [0.25, 0.3) is 0 Å². The van der Waals surface area contributed by atoms with Crippen LogP contribution < -0.4 is 5.32 Å². The summed E-state index contributed by atoms with van der Waals surface area (Å²) < 4.78 is 0. The fraction of sp³-hybridized carbons (Fsp3) is 1.00. The SMILES string of the molecule is CCC(CO)C(O)C1CCCCN1. The fourth-order valence-corrected chi connectivity index (χ4v) is 1.98. The largest absolute Gasteiger partial charge is 0.396 e. The molecular formula is C10H21NO2. The van der Waals surface area contributed by atoms with Gasteiger partial charge in [-0.1, -0.05) is 13.3 Å². The maximum Gasteiger partial charge on any atom is 0.0743 e. The molecule has 0 aromatic heterocycles. The molecule has 0 aromatic rings. The number of piperidine rings is 1. The van der Waals surface area contributed by atoms with E-state index in [1.54, 1.807) is 0 Å². The molecule has 1 saturated heterocycles. The Balaban J connectivity index is 2.38. The van der Waals surface area contributed by atoms with Crippen molar-refractivity contribution in [1.29, 1.82) is 0 Å². The molecule has 0 spiro atoms. The molecule has 0 amide bonds. The lowest BCUT2D eigenvalue weighted by Gasteiger charge is -2.31. The zero-order valence-electron chi connectivity index (χ0n) is 8.37. The van der Waals surface area contributed by atoms with Crippen molar-refractivity contribution in [3.05, 3.63) is 0 Å². The monoisotopic (exact) mass is 187 g/mol. The lowest BCUT2D eigenvalue weighted by molar-refractivity contribution is 0.0285. The third-order valence-electron chi connectivity index (χ3n) is 3.00. The number of hydrogen-bond donors (Lipinski definition) is 3. The van der Waals surface area contributed by atoms with E-state index in [9.17, 15) is 5.11 Å². The third kappa shape index (κ3) is 2.93. The van der Waals surface area contributed by atoms with Crippen LogP contribution in [0.5, 0.6) is 0 Å². The molecule has 0 aliphatic carbocycles. The van der Waals surface area contributed by atoms with Crippen molar-refractivity contribution in [2.75, 3.05) is 13.2 Å². The zero-order chi connectivity index (χ0) is 9.68. The Morgan fingerprint density at radius 1 is 1.46 bits per heavy atom. The van der Waals surface area contributed by atoms with Gasteiger partial charge in [-0.05, 0) is 25.8 Å². The maximum atomic E-state index is 9.91. The van der Waals surface area contributed by atoms with Gasteiger partial charge in [-0.2, -0.15) is 0 Å². The standard InChI is InChI=1S/C10H21NO2/c1-2-8(7-12)10(13)9-5-3-4-6-11-9/h8-13H,2-7H2,1H3. The molecule has 1 aliphatic heterocycles. The normalized spacial score (nSPS) is 28.4. The van der Waals surface area contributed by atoms with Crippen LogP contribution in [0.15, 0.2) is 0 Å². The highest BCUT2D eigenvalue weighted by Crippen LogP contribution is 2.18. The van der Waals surface area contributed by atoms with E-state index in [1.165, 1.54) is 12.8 Å². The minimum Gasteiger partial charge on any atom is -0.396 e. The number of rotatable bonds is 4. The van der Waals surface area contributed by atoms with Gasteiger partial charge >= 0.3 is 0 Å². The van der Waals surface area contributed by atoms with E-state index in [4.69, 9.17) is 5.11 Å². The number of nitrogens with one attached hydrogen (secondary N) is 1. The molecule has 1 rings (SSSR count). The van der Waals surface area contributed by atoms with Crippen LogP contribution in [-0.4, -0.2) is 35.5 Å². The molecule has 3 N–H and O–H groups in total. The Morgan fingerprint density at radius 3 is 2.69 bits per heavy atom. The van der Waals surface area contributed by atoms with E-state index in [0.29, 0.717) is 0 Å². The van der Waals surface area contributed by atoms with Crippen LogP contribution in [0.25, 0.3) is 0 Å². The van der Waals surface area contributed by atoms with E-state index in [0.717, 1.165) is 19.4 Å². The minimum absolute atomic E-state index is 0.0376. The van der Waals surface area contributed by atoms with Gasteiger partial charge in [0.15, 0.2) is 0 Å². The molecule has 1 aliphatic rings. The van der Waals surface area contributed by atoms with Gasteiger partial charge in [0.1, 0.15) is 0 Å². The van der Waals surface area contributed by atoms with E-state index in [1.807, 2.05) is 6.92 Å². The summed E-state index contributed by atoms with van der Waals surface area (Å²) in [6, 6.07) is 0.200. The van der Waals surface area contributed by atoms with Gasteiger partial charge in [0.05, 0.1) is 6.10 Å². The van der Waals surface area contributed by atoms with Gasteiger partial charge in [-0.15, -0.1) is 0 Å². The van der Waals surface area contributed by atoms with Crippen molar-refractivity contribution in [2.45, 2.75) is 44.8 Å². The second kappa shape index (κ2) is 5.58. The predicted molar refractivity (Wildman–Crippen MR) is 52.5 cm³/mol. The lowest BCUT2D eigenvalue weighted by Crippen LogP contribution is -2.47. The predicted octanol–water partition coefficient (Wildman–Crippen LogP) is 0.508. The van der Waals surface area contributed by atoms with Crippen molar-refractivity contribution in [2.24, 2.45) is 5.92 Å². The molecule has 3 heteroatoms. The first kappa shape index (κ1) is 11.0. The molecule has 3 nitrogen and oxygen atoms in total. The fourth-order valence-electron chi connectivity index (χ4n) is 1.98. The highest BCUT2D eigenvalue weighted by atomic mass is 16.3. The summed E-state index contributed by atoms with van der Waals surface area (Å²) in [4.78, 5) is 0. The summed E-state index contributed by atoms with van der Waals surface area (Å²) in [6.45, 7) is 3.10. The molecule has 0 aromatic carbocycles. The van der Waals surface area contributed by atoms with Gasteiger partial charge in [-0.25, -0.2) is 0 Å². The molecule has 13 heavy (non-hydrogen) atoms. The van der Waals surface area contributed by atoms with Gasteiger partial charge in [0.2, 0.25) is 0 Å². The van der Waals surface area contributed by atoms with Crippen LogP contribution in [0.2, 0.25) is 0 Å². The highest BCUT2D eigenvalue weighted by molar-refractivity contribution is 4.83. The lowest BCUT2D eigenvalue weighted by atomic mass is 9.90. The van der Waals surface area contributed by atoms with Crippen molar-refractivity contribution >= 4 is 0 Å². The van der Waals surface area contributed by atoms with Crippen LogP contribution in [0.4, 0.5) is 0 Å². The summed E-state index contributed by atoms with van der Waals surface area (Å²) >= 11 is 0. The Kier molecular flexibility index (Phi) is 4.70. The van der Waals surface area contributed by atoms with Crippen LogP contribution in [0.3, 0.4) is 0 Å². The van der Waals surface area contributed by atoms with Crippen molar-refractivity contribution < 1.29 is 10.2 Å². The molecule has 0 saturated carbocycles. The molecule has 0 bridgehead atoms.